The standard InChI is InChI=1S/C16H18FN3O3S2/c1-25(22,23)20-8-2-3-14(20)15(21)19-16-18-10-13(24-16)9-11-4-6-12(17)7-5-11/h4-7,10,14H,2-3,8-9H2,1H3,(H,18,19,21). The number of anilines is 1. The van der Waals surface area contributed by atoms with E-state index in [1.807, 2.05) is 0 Å². The average Bonchev–Trinajstić information content (AvgIpc) is 3.18. The van der Waals surface area contributed by atoms with Crippen LogP contribution in [0.5, 0.6) is 0 Å². The van der Waals surface area contributed by atoms with E-state index < -0.39 is 16.1 Å². The summed E-state index contributed by atoms with van der Waals surface area (Å²) in [5.41, 5.74) is 0.946. The highest BCUT2D eigenvalue weighted by atomic mass is 32.2. The van der Waals surface area contributed by atoms with Gasteiger partial charge in [0.15, 0.2) is 5.13 Å². The summed E-state index contributed by atoms with van der Waals surface area (Å²) in [5, 5.41) is 3.14. The zero-order chi connectivity index (χ0) is 18.0. The second-order valence-corrected chi connectivity index (χ2v) is 9.01. The van der Waals surface area contributed by atoms with Crippen LogP contribution in [0.25, 0.3) is 0 Å². The van der Waals surface area contributed by atoms with Crippen molar-refractivity contribution in [3.8, 4) is 0 Å². The molecular weight excluding hydrogens is 365 g/mol. The van der Waals surface area contributed by atoms with Gasteiger partial charge in [-0.15, -0.1) is 11.3 Å². The first-order valence-electron chi connectivity index (χ1n) is 7.80. The van der Waals surface area contributed by atoms with Crippen molar-refractivity contribution in [1.82, 2.24) is 9.29 Å². The molecular formula is C16H18FN3O3S2. The Morgan fingerprint density at radius 2 is 2.12 bits per heavy atom. The minimum Gasteiger partial charge on any atom is -0.301 e. The van der Waals surface area contributed by atoms with Gasteiger partial charge in [-0.05, 0) is 30.5 Å². The quantitative estimate of drug-likeness (QED) is 0.859. The predicted octanol–water partition coefficient (Wildman–Crippen LogP) is 2.24. The fourth-order valence-electron chi connectivity index (χ4n) is 2.84. The number of aromatic nitrogens is 1. The molecule has 1 unspecified atom stereocenters. The maximum atomic E-state index is 12.9. The van der Waals surface area contributed by atoms with Crippen LogP contribution in [0.4, 0.5) is 9.52 Å². The van der Waals surface area contributed by atoms with Crippen LogP contribution in [0.2, 0.25) is 0 Å². The summed E-state index contributed by atoms with van der Waals surface area (Å²) in [6.07, 6.45) is 4.54. The SMILES string of the molecule is CS(=O)(=O)N1CCCC1C(=O)Nc1ncc(Cc2ccc(F)cc2)s1. The van der Waals surface area contributed by atoms with E-state index in [2.05, 4.69) is 10.3 Å². The molecule has 1 aromatic heterocycles. The number of benzene rings is 1. The van der Waals surface area contributed by atoms with E-state index >= 15 is 0 Å². The minimum atomic E-state index is -3.40. The molecule has 1 fully saturated rings. The summed E-state index contributed by atoms with van der Waals surface area (Å²) in [6, 6.07) is 5.53. The Morgan fingerprint density at radius 1 is 1.40 bits per heavy atom. The third-order valence-corrected chi connectivity index (χ3v) is 6.21. The van der Waals surface area contributed by atoms with Gasteiger partial charge in [-0.1, -0.05) is 12.1 Å². The van der Waals surface area contributed by atoms with Crippen LogP contribution in [0.1, 0.15) is 23.3 Å². The monoisotopic (exact) mass is 383 g/mol. The summed E-state index contributed by atoms with van der Waals surface area (Å²) in [6.45, 7) is 0.366. The van der Waals surface area contributed by atoms with Crippen molar-refractivity contribution in [3.05, 3.63) is 46.7 Å². The Morgan fingerprint density at radius 3 is 2.80 bits per heavy atom. The number of carbonyl (C=O) groups excluding carboxylic acids is 1. The lowest BCUT2D eigenvalue weighted by Gasteiger charge is -2.20. The summed E-state index contributed by atoms with van der Waals surface area (Å²) >= 11 is 1.32. The summed E-state index contributed by atoms with van der Waals surface area (Å²) in [4.78, 5) is 17.5. The lowest BCUT2D eigenvalue weighted by Crippen LogP contribution is -2.42. The fraction of sp³-hybridized carbons (Fsp3) is 0.375. The number of thiazole rings is 1. The van der Waals surface area contributed by atoms with E-state index in [-0.39, 0.29) is 11.7 Å². The number of halogens is 1. The second kappa shape index (κ2) is 7.19. The molecule has 1 saturated heterocycles. The van der Waals surface area contributed by atoms with E-state index in [0.29, 0.717) is 30.9 Å². The molecule has 1 aromatic carbocycles. The first-order chi connectivity index (χ1) is 11.8. The van der Waals surface area contributed by atoms with Crippen LogP contribution >= 0.6 is 11.3 Å². The lowest BCUT2D eigenvalue weighted by molar-refractivity contribution is -0.119. The smallest absolute Gasteiger partial charge is 0.244 e. The van der Waals surface area contributed by atoms with Gasteiger partial charge in [-0.3, -0.25) is 4.79 Å². The van der Waals surface area contributed by atoms with Crippen LogP contribution in [0.15, 0.2) is 30.5 Å². The molecule has 9 heteroatoms. The largest absolute Gasteiger partial charge is 0.301 e. The van der Waals surface area contributed by atoms with Gasteiger partial charge in [0.1, 0.15) is 11.9 Å². The number of hydrogen-bond donors (Lipinski definition) is 1. The fourth-order valence-corrected chi connectivity index (χ4v) is 4.81. The third-order valence-electron chi connectivity index (χ3n) is 4.01. The molecule has 0 radical (unpaired) electrons. The number of carbonyl (C=O) groups is 1. The Hall–Kier alpha value is -1.84. The zero-order valence-corrected chi connectivity index (χ0v) is 15.2. The number of nitrogens with one attached hydrogen (secondary N) is 1. The molecule has 2 heterocycles. The topological polar surface area (TPSA) is 79.4 Å². The average molecular weight is 383 g/mol. The lowest BCUT2D eigenvalue weighted by atomic mass is 10.1. The van der Waals surface area contributed by atoms with Crippen LogP contribution in [0, 0.1) is 5.82 Å². The summed E-state index contributed by atoms with van der Waals surface area (Å²) in [7, 11) is -3.40. The molecule has 134 valence electrons. The Kier molecular flexibility index (Phi) is 5.16. The van der Waals surface area contributed by atoms with Gasteiger partial charge in [0.25, 0.3) is 0 Å². The molecule has 0 aliphatic carbocycles. The van der Waals surface area contributed by atoms with Crippen LogP contribution in [-0.2, 0) is 21.2 Å². The molecule has 3 rings (SSSR count). The first kappa shape index (κ1) is 18.0. The second-order valence-electron chi connectivity index (χ2n) is 5.96. The van der Waals surface area contributed by atoms with Crippen molar-refractivity contribution < 1.29 is 17.6 Å². The Bertz CT molecular complexity index is 865. The van der Waals surface area contributed by atoms with Gasteiger partial charge >= 0.3 is 0 Å². The van der Waals surface area contributed by atoms with Gasteiger partial charge < -0.3 is 5.32 Å². The van der Waals surface area contributed by atoms with Gasteiger partial charge in [-0.2, -0.15) is 4.31 Å². The molecule has 0 saturated carbocycles. The number of hydrogen-bond acceptors (Lipinski definition) is 5. The number of nitrogens with zero attached hydrogens (tertiary/aromatic N) is 2. The molecule has 0 bridgehead atoms. The maximum absolute atomic E-state index is 12.9. The highest BCUT2D eigenvalue weighted by Crippen LogP contribution is 2.25. The molecule has 1 N–H and O–H groups in total. The van der Waals surface area contributed by atoms with E-state index in [1.165, 1.54) is 27.8 Å². The van der Waals surface area contributed by atoms with E-state index in [0.717, 1.165) is 16.7 Å². The van der Waals surface area contributed by atoms with E-state index in [1.54, 1.807) is 18.3 Å². The molecule has 25 heavy (non-hydrogen) atoms. The zero-order valence-electron chi connectivity index (χ0n) is 13.6. The van der Waals surface area contributed by atoms with Crippen molar-refractivity contribution in [2.45, 2.75) is 25.3 Å². The Labute approximate surface area is 149 Å². The van der Waals surface area contributed by atoms with E-state index in [9.17, 15) is 17.6 Å². The first-order valence-corrected chi connectivity index (χ1v) is 10.5. The molecule has 2 aromatic rings. The van der Waals surface area contributed by atoms with Gasteiger partial charge in [0.05, 0.1) is 6.26 Å². The molecule has 0 spiro atoms. The highest BCUT2D eigenvalue weighted by Gasteiger charge is 2.36. The molecule has 1 amide bonds. The minimum absolute atomic E-state index is 0.284. The van der Waals surface area contributed by atoms with Gasteiger partial charge in [-0.25, -0.2) is 17.8 Å². The van der Waals surface area contributed by atoms with Gasteiger partial charge in [0.2, 0.25) is 15.9 Å². The van der Waals surface area contributed by atoms with Crippen molar-refractivity contribution >= 4 is 32.4 Å². The molecule has 6 nitrogen and oxygen atoms in total. The number of sulfonamides is 1. The van der Waals surface area contributed by atoms with Crippen LogP contribution in [-0.4, -0.2) is 42.5 Å². The van der Waals surface area contributed by atoms with Crippen molar-refractivity contribution in [3.63, 3.8) is 0 Å². The van der Waals surface area contributed by atoms with Crippen LogP contribution < -0.4 is 5.32 Å². The van der Waals surface area contributed by atoms with Crippen molar-refractivity contribution in [2.75, 3.05) is 18.1 Å². The summed E-state index contributed by atoms with van der Waals surface area (Å²) < 4.78 is 37.6. The number of amides is 1. The van der Waals surface area contributed by atoms with E-state index in [4.69, 9.17) is 0 Å². The molecule has 1 aliphatic rings. The molecule has 1 atom stereocenters. The maximum Gasteiger partial charge on any atom is 0.244 e. The van der Waals surface area contributed by atoms with Crippen molar-refractivity contribution in [1.29, 1.82) is 0 Å². The van der Waals surface area contributed by atoms with Gasteiger partial charge in [0, 0.05) is 24.0 Å². The normalized spacial score (nSPS) is 18.4. The predicted molar refractivity (Wildman–Crippen MR) is 94.5 cm³/mol. The Balaban J connectivity index is 1.65. The third kappa shape index (κ3) is 4.42. The number of rotatable bonds is 5. The summed E-state index contributed by atoms with van der Waals surface area (Å²) in [5.74, 6) is -0.640. The van der Waals surface area contributed by atoms with Crippen LogP contribution in [0.3, 0.4) is 0 Å². The van der Waals surface area contributed by atoms with Crippen molar-refractivity contribution in [2.24, 2.45) is 0 Å². The highest BCUT2D eigenvalue weighted by molar-refractivity contribution is 7.88. The molecule has 1 aliphatic heterocycles.